The lowest BCUT2D eigenvalue weighted by Crippen LogP contribution is -2.58. The minimum Gasteiger partial charge on any atom is -0.465 e. The molecule has 2 N–H and O–H groups in total. The van der Waals surface area contributed by atoms with Gasteiger partial charge in [0, 0.05) is 60.6 Å². The fraction of sp³-hybridized carbons (Fsp3) is 0.444. The number of fused-ring (bicyclic) bond motifs is 1. The molecule has 0 radical (unpaired) electrons. The molecule has 0 spiro atoms. The Kier molecular flexibility index (Phi) is 8.21. The van der Waals surface area contributed by atoms with E-state index in [1.807, 2.05) is 42.6 Å². The number of aromatic nitrogens is 1. The zero-order valence-corrected chi connectivity index (χ0v) is 20.2. The van der Waals surface area contributed by atoms with Gasteiger partial charge in [0.25, 0.3) is 0 Å². The molecule has 2 unspecified atom stereocenters. The van der Waals surface area contributed by atoms with E-state index >= 15 is 0 Å². The molecular formula is C27H36N4O3. The molecule has 2 atom stereocenters. The van der Waals surface area contributed by atoms with Gasteiger partial charge in [0.1, 0.15) is 6.23 Å². The Hall–Kier alpha value is -2.87. The van der Waals surface area contributed by atoms with Gasteiger partial charge in [-0.3, -0.25) is 14.7 Å². The Morgan fingerprint density at radius 1 is 1.15 bits per heavy atom. The summed E-state index contributed by atoms with van der Waals surface area (Å²) in [5.74, 6) is 0. The molecule has 1 aliphatic rings. The van der Waals surface area contributed by atoms with Gasteiger partial charge >= 0.3 is 6.09 Å². The van der Waals surface area contributed by atoms with Crippen LogP contribution >= 0.6 is 0 Å². The van der Waals surface area contributed by atoms with Crippen LogP contribution in [-0.4, -0.2) is 71.5 Å². The normalized spacial score (nSPS) is 19.5. The Labute approximate surface area is 201 Å². The Balaban J connectivity index is 1.43. The van der Waals surface area contributed by atoms with Gasteiger partial charge in [0.05, 0.1) is 6.61 Å². The third kappa shape index (κ3) is 5.78. The van der Waals surface area contributed by atoms with E-state index in [0.717, 1.165) is 37.0 Å². The van der Waals surface area contributed by atoms with E-state index in [9.17, 15) is 9.90 Å². The number of para-hydroxylation sites is 2. The van der Waals surface area contributed by atoms with E-state index in [2.05, 4.69) is 47.0 Å². The Bertz CT molecular complexity index is 1050. The third-order valence-electron chi connectivity index (χ3n) is 6.85. The molecule has 0 bridgehead atoms. The largest absolute Gasteiger partial charge is 0.465 e. The number of piperazine rings is 1. The van der Waals surface area contributed by atoms with Crippen molar-refractivity contribution in [2.24, 2.45) is 0 Å². The smallest absolute Gasteiger partial charge is 0.411 e. The summed E-state index contributed by atoms with van der Waals surface area (Å²) in [4.78, 5) is 21.4. The summed E-state index contributed by atoms with van der Waals surface area (Å²) in [7, 11) is 2.16. The van der Waals surface area contributed by atoms with Crippen molar-refractivity contribution in [1.29, 1.82) is 0 Å². The number of carbonyl (C=O) groups is 1. The van der Waals surface area contributed by atoms with Crippen LogP contribution < -0.4 is 4.90 Å². The first-order valence-electron chi connectivity index (χ1n) is 12.2. The highest BCUT2D eigenvalue weighted by Crippen LogP contribution is 2.23. The summed E-state index contributed by atoms with van der Waals surface area (Å²) in [6.45, 7) is 5.54. The fourth-order valence-electron chi connectivity index (χ4n) is 4.80. The predicted octanol–water partition coefficient (Wildman–Crippen LogP) is 5.00. The van der Waals surface area contributed by atoms with Crippen LogP contribution in [-0.2, 0) is 11.3 Å². The van der Waals surface area contributed by atoms with Crippen LogP contribution in [0.4, 0.5) is 10.5 Å². The zero-order chi connectivity index (χ0) is 23.9. The monoisotopic (exact) mass is 464 g/mol. The Morgan fingerprint density at radius 2 is 1.91 bits per heavy atom. The predicted molar refractivity (Wildman–Crippen MR) is 136 cm³/mol. The van der Waals surface area contributed by atoms with E-state index in [-0.39, 0.29) is 6.23 Å². The number of rotatable bonds is 10. The summed E-state index contributed by atoms with van der Waals surface area (Å²) in [5, 5.41) is 11.0. The number of nitrogens with zero attached hydrogens (tertiary/aromatic N) is 3. The van der Waals surface area contributed by atoms with Crippen LogP contribution in [0.5, 0.6) is 0 Å². The summed E-state index contributed by atoms with van der Waals surface area (Å²) < 4.78 is 6.46. The molecule has 7 heteroatoms. The number of benzene rings is 2. The summed E-state index contributed by atoms with van der Waals surface area (Å²) in [5.41, 5.74) is 2.99. The highest BCUT2D eigenvalue weighted by Gasteiger charge is 2.32. The van der Waals surface area contributed by atoms with Crippen molar-refractivity contribution < 1.29 is 14.6 Å². The van der Waals surface area contributed by atoms with Crippen LogP contribution in [0.25, 0.3) is 10.9 Å². The minimum atomic E-state index is -0.921. The molecule has 34 heavy (non-hydrogen) atoms. The number of amides is 1. The van der Waals surface area contributed by atoms with Gasteiger partial charge in [0.2, 0.25) is 0 Å². The van der Waals surface area contributed by atoms with E-state index in [1.54, 1.807) is 0 Å². The number of unbranched alkanes of at least 4 members (excludes halogenated alkanes) is 1. The lowest BCUT2D eigenvalue weighted by Gasteiger charge is -2.45. The first kappa shape index (κ1) is 24.3. The van der Waals surface area contributed by atoms with Crippen molar-refractivity contribution >= 4 is 22.7 Å². The molecule has 0 aliphatic carbocycles. The summed E-state index contributed by atoms with van der Waals surface area (Å²) >= 11 is 0. The maximum atomic E-state index is 11.9. The van der Waals surface area contributed by atoms with Gasteiger partial charge in [-0.2, -0.15) is 0 Å². The number of likely N-dealkylation sites (N-methyl/N-ethyl adjacent to an activating group) is 1. The number of anilines is 1. The third-order valence-corrected chi connectivity index (χ3v) is 6.85. The van der Waals surface area contributed by atoms with Crippen molar-refractivity contribution in [3.63, 3.8) is 0 Å². The van der Waals surface area contributed by atoms with Gasteiger partial charge in [-0.25, -0.2) is 4.79 Å². The first-order valence-corrected chi connectivity index (χ1v) is 12.2. The van der Waals surface area contributed by atoms with Crippen LogP contribution in [0.15, 0.2) is 60.8 Å². The van der Waals surface area contributed by atoms with Crippen LogP contribution in [0.2, 0.25) is 0 Å². The summed E-state index contributed by atoms with van der Waals surface area (Å²) in [6, 6.07) is 18.0. The van der Waals surface area contributed by atoms with Gasteiger partial charge in [-0.05, 0) is 31.7 Å². The van der Waals surface area contributed by atoms with Crippen molar-refractivity contribution in [2.75, 3.05) is 38.1 Å². The number of ether oxygens (including phenoxy) is 1. The van der Waals surface area contributed by atoms with Crippen molar-refractivity contribution in [3.8, 4) is 0 Å². The fourth-order valence-corrected chi connectivity index (χ4v) is 4.80. The maximum absolute atomic E-state index is 11.9. The standard InChI is InChI=1S/C27H36N4O3/c1-3-4-10-23-18-30(15-16-31(27(32)33)22-11-6-5-7-12-22)19-26(29(23)2)34-20-21-17-28-25-14-9-8-13-24(21)25/h5-9,11-14,17,23,26,28H,3-4,10,15-16,18-20H2,1-2H3,(H,32,33). The minimum absolute atomic E-state index is 0.0423. The molecule has 2 aromatic carbocycles. The molecule has 1 aromatic heterocycles. The van der Waals surface area contributed by atoms with Crippen molar-refractivity contribution in [2.45, 2.75) is 45.1 Å². The molecule has 1 fully saturated rings. The molecule has 1 amide bonds. The molecular weight excluding hydrogens is 428 g/mol. The summed E-state index contributed by atoms with van der Waals surface area (Å²) in [6.07, 6.45) is 4.51. The molecule has 182 valence electrons. The molecule has 3 aromatic rings. The SMILES string of the molecule is CCCCC1CN(CCN(C(=O)O)c2ccccc2)CC(OCc2c[nH]c3ccccc23)N1C. The van der Waals surface area contributed by atoms with E-state index in [4.69, 9.17) is 4.74 Å². The van der Waals surface area contributed by atoms with Gasteiger partial charge < -0.3 is 14.8 Å². The topological polar surface area (TPSA) is 72.0 Å². The van der Waals surface area contributed by atoms with Crippen LogP contribution in [0.3, 0.4) is 0 Å². The highest BCUT2D eigenvalue weighted by atomic mass is 16.5. The number of aromatic amines is 1. The van der Waals surface area contributed by atoms with Crippen LogP contribution in [0, 0.1) is 0 Å². The highest BCUT2D eigenvalue weighted by molar-refractivity contribution is 5.86. The van der Waals surface area contributed by atoms with Crippen molar-refractivity contribution in [3.05, 3.63) is 66.4 Å². The number of nitrogens with one attached hydrogen (secondary N) is 1. The van der Waals surface area contributed by atoms with Gasteiger partial charge in [-0.1, -0.05) is 56.2 Å². The number of carboxylic acid groups (broad SMARTS) is 1. The van der Waals surface area contributed by atoms with Gasteiger partial charge in [0.15, 0.2) is 0 Å². The lowest BCUT2D eigenvalue weighted by atomic mass is 10.0. The second-order valence-corrected chi connectivity index (χ2v) is 9.12. The van der Waals surface area contributed by atoms with E-state index in [0.29, 0.717) is 31.4 Å². The van der Waals surface area contributed by atoms with Gasteiger partial charge in [-0.15, -0.1) is 0 Å². The van der Waals surface area contributed by atoms with Crippen molar-refractivity contribution in [1.82, 2.24) is 14.8 Å². The average molecular weight is 465 g/mol. The zero-order valence-electron chi connectivity index (χ0n) is 20.2. The lowest BCUT2D eigenvalue weighted by molar-refractivity contribution is -0.121. The molecule has 0 saturated carbocycles. The van der Waals surface area contributed by atoms with Crippen LogP contribution in [0.1, 0.15) is 31.7 Å². The Morgan fingerprint density at radius 3 is 2.68 bits per heavy atom. The number of H-pyrrole nitrogens is 1. The molecule has 4 rings (SSSR count). The quantitative estimate of drug-likeness (QED) is 0.442. The first-order chi connectivity index (χ1) is 16.6. The maximum Gasteiger partial charge on any atom is 0.411 e. The molecule has 1 saturated heterocycles. The second kappa shape index (κ2) is 11.5. The van der Waals surface area contributed by atoms with E-state index < -0.39 is 6.09 Å². The second-order valence-electron chi connectivity index (χ2n) is 9.12. The molecule has 7 nitrogen and oxygen atoms in total. The van der Waals surface area contributed by atoms with E-state index in [1.165, 1.54) is 16.7 Å². The number of hydrogen-bond donors (Lipinski definition) is 2. The number of hydrogen-bond acceptors (Lipinski definition) is 4. The molecule has 1 aliphatic heterocycles. The molecule has 2 heterocycles. The average Bonchev–Trinajstić information content (AvgIpc) is 3.27.